The SMILES string of the molecule is Cc1oc(Br)nc1-c1ccc(Cl)c(Cl)c1. The summed E-state index contributed by atoms with van der Waals surface area (Å²) in [6, 6.07) is 5.36. The highest BCUT2D eigenvalue weighted by Gasteiger charge is 2.11. The molecule has 0 aliphatic rings. The summed E-state index contributed by atoms with van der Waals surface area (Å²) in [5, 5.41) is 1.04. The Hall–Kier alpha value is -0.510. The van der Waals surface area contributed by atoms with Crippen LogP contribution in [0.25, 0.3) is 11.3 Å². The molecule has 1 heterocycles. The zero-order valence-corrected chi connectivity index (χ0v) is 10.8. The van der Waals surface area contributed by atoms with E-state index >= 15 is 0 Å². The summed E-state index contributed by atoms with van der Waals surface area (Å²) in [5.41, 5.74) is 1.65. The molecule has 0 amide bonds. The fourth-order valence-electron chi connectivity index (χ4n) is 1.28. The lowest BCUT2D eigenvalue weighted by Crippen LogP contribution is -1.81. The molecule has 0 aliphatic heterocycles. The van der Waals surface area contributed by atoms with Crippen LogP contribution in [0.1, 0.15) is 5.76 Å². The Bertz CT molecular complexity index is 510. The summed E-state index contributed by atoms with van der Waals surface area (Å²) in [6.07, 6.45) is 0. The third-order valence-electron chi connectivity index (χ3n) is 1.96. The van der Waals surface area contributed by atoms with E-state index < -0.39 is 0 Å². The van der Waals surface area contributed by atoms with Gasteiger partial charge >= 0.3 is 0 Å². The van der Waals surface area contributed by atoms with Crippen LogP contribution in [0.3, 0.4) is 0 Å². The molecule has 0 saturated carbocycles. The van der Waals surface area contributed by atoms with Gasteiger partial charge in [-0.15, -0.1) is 0 Å². The van der Waals surface area contributed by atoms with Gasteiger partial charge in [0.1, 0.15) is 11.5 Å². The van der Waals surface area contributed by atoms with Crippen molar-refractivity contribution in [3.63, 3.8) is 0 Å². The van der Waals surface area contributed by atoms with Gasteiger partial charge in [-0.2, -0.15) is 0 Å². The highest BCUT2D eigenvalue weighted by atomic mass is 79.9. The molecule has 15 heavy (non-hydrogen) atoms. The largest absolute Gasteiger partial charge is 0.436 e. The number of halogens is 3. The fraction of sp³-hybridized carbons (Fsp3) is 0.100. The molecule has 1 aromatic heterocycles. The van der Waals surface area contributed by atoms with Gasteiger partial charge in [-0.25, -0.2) is 4.98 Å². The Labute approximate surface area is 105 Å². The molecular weight excluding hydrogens is 301 g/mol. The van der Waals surface area contributed by atoms with Gasteiger partial charge in [0.15, 0.2) is 0 Å². The zero-order chi connectivity index (χ0) is 11.0. The third-order valence-corrected chi connectivity index (χ3v) is 3.04. The van der Waals surface area contributed by atoms with Crippen LogP contribution in [0, 0.1) is 6.92 Å². The van der Waals surface area contributed by atoms with Crippen molar-refractivity contribution < 1.29 is 4.42 Å². The minimum Gasteiger partial charge on any atom is -0.436 e. The van der Waals surface area contributed by atoms with Gasteiger partial charge in [-0.05, 0) is 19.1 Å². The van der Waals surface area contributed by atoms with Gasteiger partial charge in [-0.3, -0.25) is 0 Å². The van der Waals surface area contributed by atoms with Gasteiger partial charge in [0.2, 0.25) is 0 Å². The number of aromatic nitrogens is 1. The van der Waals surface area contributed by atoms with Crippen LogP contribution in [-0.4, -0.2) is 4.98 Å². The molecule has 78 valence electrons. The first-order valence-corrected chi connectivity index (χ1v) is 5.71. The van der Waals surface area contributed by atoms with Gasteiger partial charge in [0.05, 0.1) is 10.0 Å². The number of hydrogen-bond acceptors (Lipinski definition) is 2. The van der Waals surface area contributed by atoms with Gasteiger partial charge in [0, 0.05) is 21.5 Å². The monoisotopic (exact) mass is 305 g/mol. The van der Waals surface area contributed by atoms with E-state index in [4.69, 9.17) is 27.6 Å². The second kappa shape index (κ2) is 4.16. The summed E-state index contributed by atoms with van der Waals surface area (Å²) >= 11 is 14.9. The molecule has 0 saturated heterocycles. The summed E-state index contributed by atoms with van der Waals surface area (Å²) < 4.78 is 5.27. The maximum absolute atomic E-state index is 5.92. The number of hydrogen-bond donors (Lipinski definition) is 0. The van der Waals surface area contributed by atoms with Crippen LogP contribution in [0.5, 0.6) is 0 Å². The maximum Gasteiger partial charge on any atom is 0.264 e. The molecule has 0 aliphatic carbocycles. The van der Waals surface area contributed by atoms with E-state index in [9.17, 15) is 0 Å². The highest BCUT2D eigenvalue weighted by molar-refractivity contribution is 9.10. The van der Waals surface area contributed by atoms with Crippen LogP contribution >= 0.6 is 39.1 Å². The number of oxazole rings is 1. The molecule has 0 atom stereocenters. The van der Waals surface area contributed by atoms with Crippen LogP contribution in [0.4, 0.5) is 0 Å². The van der Waals surface area contributed by atoms with Gasteiger partial charge in [0.25, 0.3) is 4.80 Å². The molecule has 0 N–H and O–H groups in total. The van der Waals surface area contributed by atoms with Gasteiger partial charge < -0.3 is 4.42 Å². The lowest BCUT2D eigenvalue weighted by atomic mass is 10.1. The zero-order valence-electron chi connectivity index (χ0n) is 7.72. The van der Waals surface area contributed by atoms with E-state index in [-0.39, 0.29) is 0 Å². The van der Waals surface area contributed by atoms with E-state index in [1.807, 2.05) is 13.0 Å². The number of aryl methyl sites for hydroxylation is 1. The Balaban J connectivity index is 2.54. The van der Waals surface area contributed by atoms with Gasteiger partial charge in [-0.1, -0.05) is 29.3 Å². The smallest absolute Gasteiger partial charge is 0.264 e. The Morgan fingerprint density at radius 3 is 2.53 bits per heavy atom. The fourth-order valence-corrected chi connectivity index (χ4v) is 1.99. The average Bonchev–Trinajstić information content (AvgIpc) is 2.50. The molecule has 0 bridgehead atoms. The van der Waals surface area contributed by atoms with E-state index in [0.29, 0.717) is 14.8 Å². The molecule has 2 nitrogen and oxygen atoms in total. The first kappa shape index (κ1) is 11.0. The predicted octanol–water partition coefficient (Wildman–Crippen LogP) is 4.72. The first-order chi connectivity index (χ1) is 7.08. The van der Waals surface area contributed by atoms with Crippen LogP contribution in [0.15, 0.2) is 27.4 Å². The molecule has 2 rings (SSSR count). The van der Waals surface area contributed by atoms with Crippen molar-refractivity contribution in [3.8, 4) is 11.3 Å². The Kier molecular flexibility index (Phi) is 3.05. The molecule has 0 radical (unpaired) electrons. The summed E-state index contributed by atoms with van der Waals surface area (Å²) in [7, 11) is 0. The van der Waals surface area contributed by atoms with E-state index in [1.165, 1.54) is 0 Å². The lowest BCUT2D eigenvalue weighted by molar-refractivity contribution is 0.501. The van der Waals surface area contributed by atoms with Crippen molar-refractivity contribution in [2.75, 3.05) is 0 Å². The molecule has 0 unspecified atom stereocenters. The normalized spacial score (nSPS) is 10.7. The van der Waals surface area contributed by atoms with Crippen molar-refractivity contribution in [1.29, 1.82) is 0 Å². The topological polar surface area (TPSA) is 26.0 Å². The van der Waals surface area contributed by atoms with Crippen LogP contribution in [-0.2, 0) is 0 Å². The van der Waals surface area contributed by atoms with Crippen molar-refractivity contribution >= 4 is 39.1 Å². The highest BCUT2D eigenvalue weighted by Crippen LogP contribution is 2.30. The second-order valence-electron chi connectivity index (χ2n) is 3.00. The lowest BCUT2D eigenvalue weighted by Gasteiger charge is -1.99. The summed E-state index contributed by atoms with van der Waals surface area (Å²) in [6.45, 7) is 1.84. The maximum atomic E-state index is 5.92. The standard InChI is InChI=1S/C10H6BrCl2NO/c1-5-9(14-10(11)15-5)6-2-3-7(12)8(13)4-6/h2-4H,1H3. The summed E-state index contributed by atoms with van der Waals surface area (Å²) in [4.78, 5) is 4.66. The van der Waals surface area contributed by atoms with Crippen molar-refractivity contribution in [3.05, 3.63) is 38.8 Å². The second-order valence-corrected chi connectivity index (χ2v) is 4.49. The quantitative estimate of drug-likeness (QED) is 0.762. The average molecular weight is 307 g/mol. The first-order valence-electron chi connectivity index (χ1n) is 4.16. The van der Waals surface area contributed by atoms with Crippen LogP contribution in [0.2, 0.25) is 10.0 Å². The molecule has 2 aromatic rings. The minimum absolute atomic E-state index is 0.459. The van der Waals surface area contributed by atoms with Crippen molar-refractivity contribution in [1.82, 2.24) is 4.98 Å². The van der Waals surface area contributed by atoms with Crippen LogP contribution < -0.4 is 0 Å². The minimum atomic E-state index is 0.459. The van der Waals surface area contributed by atoms with E-state index in [1.54, 1.807) is 12.1 Å². The Morgan fingerprint density at radius 1 is 1.27 bits per heavy atom. The summed E-state index contributed by atoms with van der Waals surface area (Å²) in [5.74, 6) is 0.736. The molecule has 0 fully saturated rings. The molecule has 5 heteroatoms. The number of benzene rings is 1. The van der Waals surface area contributed by atoms with Crippen molar-refractivity contribution in [2.45, 2.75) is 6.92 Å². The number of rotatable bonds is 1. The van der Waals surface area contributed by atoms with E-state index in [2.05, 4.69) is 20.9 Å². The molecular formula is C10H6BrCl2NO. The molecule has 1 aromatic carbocycles. The molecule has 0 spiro atoms. The number of nitrogens with zero attached hydrogens (tertiary/aromatic N) is 1. The van der Waals surface area contributed by atoms with Crippen molar-refractivity contribution in [2.24, 2.45) is 0 Å². The van der Waals surface area contributed by atoms with E-state index in [0.717, 1.165) is 17.0 Å². The predicted molar refractivity (Wildman–Crippen MR) is 64.4 cm³/mol. The third kappa shape index (κ3) is 2.19. The Morgan fingerprint density at radius 2 is 2.00 bits per heavy atom.